The van der Waals surface area contributed by atoms with E-state index < -0.39 is 0 Å². The standard InChI is InChI=1S/C16H27N/c1-13(2)10-17(11-14(3)4)12-15(5)16-8-6-7-9-16/h6-9,13-14,16H,5,10-12H2,1-4H3. The zero-order valence-corrected chi connectivity index (χ0v) is 11.8. The largest absolute Gasteiger partial charge is 0.299 e. The molecule has 0 spiro atoms. The van der Waals surface area contributed by atoms with Crippen LogP contribution in [-0.2, 0) is 0 Å². The molecule has 0 unspecified atom stereocenters. The lowest BCUT2D eigenvalue weighted by Crippen LogP contribution is -2.33. The van der Waals surface area contributed by atoms with Crippen molar-refractivity contribution in [3.05, 3.63) is 36.5 Å². The molecule has 0 heterocycles. The van der Waals surface area contributed by atoms with E-state index in [1.54, 1.807) is 0 Å². The van der Waals surface area contributed by atoms with Crippen molar-refractivity contribution in [3.63, 3.8) is 0 Å². The highest BCUT2D eigenvalue weighted by molar-refractivity contribution is 5.27. The van der Waals surface area contributed by atoms with Crippen molar-refractivity contribution in [2.45, 2.75) is 27.7 Å². The van der Waals surface area contributed by atoms with Gasteiger partial charge in [0.1, 0.15) is 0 Å². The molecule has 96 valence electrons. The second kappa shape index (κ2) is 6.80. The lowest BCUT2D eigenvalue weighted by atomic mass is 10.0. The number of allylic oxidation sites excluding steroid dienone is 4. The summed E-state index contributed by atoms with van der Waals surface area (Å²) in [6.45, 7) is 16.7. The molecule has 0 bridgehead atoms. The third-order valence-electron chi connectivity index (χ3n) is 2.89. The first kappa shape index (κ1) is 14.2. The van der Waals surface area contributed by atoms with Crippen LogP contribution in [0.25, 0.3) is 0 Å². The summed E-state index contributed by atoms with van der Waals surface area (Å²) in [5.74, 6) is 1.89. The van der Waals surface area contributed by atoms with Crippen molar-refractivity contribution in [1.82, 2.24) is 4.90 Å². The minimum absolute atomic E-state index is 0.455. The molecule has 1 nitrogen and oxygen atoms in total. The summed E-state index contributed by atoms with van der Waals surface area (Å²) in [4.78, 5) is 2.54. The average molecular weight is 233 g/mol. The van der Waals surface area contributed by atoms with E-state index in [2.05, 4.69) is 63.5 Å². The number of nitrogens with zero attached hydrogens (tertiary/aromatic N) is 1. The summed E-state index contributed by atoms with van der Waals surface area (Å²) >= 11 is 0. The molecule has 0 saturated carbocycles. The van der Waals surface area contributed by atoms with Gasteiger partial charge in [-0.1, -0.05) is 64.2 Å². The highest BCUT2D eigenvalue weighted by Crippen LogP contribution is 2.19. The van der Waals surface area contributed by atoms with Crippen molar-refractivity contribution >= 4 is 0 Å². The molecule has 0 radical (unpaired) electrons. The van der Waals surface area contributed by atoms with Crippen molar-refractivity contribution < 1.29 is 0 Å². The maximum atomic E-state index is 4.25. The van der Waals surface area contributed by atoms with Crippen LogP contribution < -0.4 is 0 Å². The van der Waals surface area contributed by atoms with Crippen LogP contribution in [0.4, 0.5) is 0 Å². The van der Waals surface area contributed by atoms with Crippen LogP contribution in [0.3, 0.4) is 0 Å². The van der Waals surface area contributed by atoms with Crippen molar-refractivity contribution in [1.29, 1.82) is 0 Å². The third kappa shape index (κ3) is 5.36. The van der Waals surface area contributed by atoms with Crippen LogP contribution in [0.1, 0.15) is 27.7 Å². The molecule has 1 aliphatic carbocycles. The topological polar surface area (TPSA) is 3.24 Å². The van der Waals surface area contributed by atoms with Gasteiger partial charge in [-0.25, -0.2) is 0 Å². The van der Waals surface area contributed by atoms with Gasteiger partial charge in [-0.2, -0.15) is 0 Å². The highest BCUT2D eigenvalue weighted by Gasteiger charge is 2.14. The molecule has 0 fully saturated rings. The zero-order valence-electron chi connectivity index (χ0n) is 11.8. The lowest BCUT2D eigenvalue weighted by molar-refractivity contribution is 0.234. The summed E-state index contributed by atoms with van der Waals surface area (Å²) in [5, 5.41) is 0. The SMILES string of the molecule is C=C(CN(CC(C)C)CC(C)C)C1C=CC=C1. The first-order valence-corrected chi connectivity index (χ1v) is 6.74. The second-order valence-corrected chi connectivity index (χ2v) is 5.94. The van der Waals surface area contributed by atoms with E-state index in [1.807, 2.05) is 0 Å². The smallest absolute Gasteiger partial charge is 0.0199 e. The molecule has 0 aromatic carbocycles. The molecule has 1 aliphatic rings. The Balaban J connectivity index is 2.49. The van der Waals surface area contributed by atoms with Crippen LogP contribution in [-0.4, -0.2) is 24.5 Å². The Labute approximate surface area is 107 Å². The van der Waals surface area contributed by atoms with Crippen LogP contribution in [0.15, 0.2) is 36.5 Å². The quantitative estimate of drug-likeness (QED) is 0.603. The average Bonchev–Trinajstić information content (AvgIpc) is 2.67. The van der Waals surface area contributed by atoms with E-state index in [0.717, 1.165) is 31.5 Å². The minimum atomic E-state index is 0.455. The number of hydrogen-bond donors (Lipinski definition) is 0. The van der Waals surface area contributed by atoms with Gasteiger partial charge in [-0.3, -0.25) is 4.90 Å². The van der Waals surface area contributed by atoms with Gasteiger partial charge in [-0.15, -0.1) is 0 Å². The Morgan fingerprint density at radius 3 is 1.94 bits per heavy atom. The molecule has 17 heavy (non-hydrogen) atoms. The molecule has 0 atom stereocenters. The van der Waals surface area contributed by atoms with E-state index in [1.165, 1.54) is 5.57 Å². The van der Waals surface area contributed by atoms with Crippen molar-refractivity contribution in [2.75, 3.05) is 19.6 Å². The number of hydrogen-bond acceptors (Lipinski definition) is 1. The summed E-state index contributed by atoms with van der Waals surface area (Å²) < 4.78 is 0. The van der Waals surface area contributed by atoms with Gasteiger partial charge in [-0.05, 0) is 11.8 Å². The maximum absolute atomic E-state index is 4.25. The molecule has 1 rings (SSSR count). The fraction of sp³-hybridized carbons (Fsp3) is 0.625. The van der Waals surface area contributed by atoms with E-state index in [9.17, 15) is 0 Å². The van der Waals surface area contributed by atoms with Crippen LogP contribution >= 0.6 is 0 Å². The molecule has 1 heteroatoms. The molecule has 0 amide bonds. The van der Waals surface area contributed by atoms with Crippen molar-refractivity contribution in [3.8, 4) is 0 Å². The van der Waals surface area contributed by atoms with Crippen molar-refractivity contribution in [2.24, 2.45) is 17.8 Å². The zero-order chi connectivity index (χ0) is 12.8. The van der Waals surface area contributed by atoms with Gasteiger partial charge in [0.15, 0.2) is 0 Å². The highest BCUT2D eigenvalue weighted by atomic mass is 15.1. The fourth-order valence-electron chi connectivity index (χ4n) is 2.33. The summed E-state index contributed by atoms with van der Waals surface area (Å²) in [5.41, 5.74) is 1.32. The van der Waals surface area contributed by atoms with E-state index in [-0.39, 0.29) is 0 Å². The molecular weight excluding hydrogens is 206 g/mol. The lowest BCUT2D eigenvalue weighted by Gasteiger charge is -2.28. The Hall–Kier alpha value is -0.820. The molecular formula is C16H27N. The summed E-state index contributed by atoms with van der Waals surface area (Å²) in [6, 6.07) is 0. The van der Waals surface area contributed by atoms with E-state index in [0.29, 0.717) is 5.92 Å². The van der Waals surface area contributed by atoms with E-state index in [4.69, 9.17) is 0 Å². The maximum Gasteiger partial charge on any atom is 0.0199 e. The van der Waals surface area contributed by atoms with Crippen LogP contribution in [0, 0.1) is 17.8 Å². The summed E-state index contributed by atoms with van der Waals surface area (Å²) in [7, 11) is 0. The third-order valence-corrected chi connectivity index (χ3v) is 2.89. The first-order valence-electron chi connectivity index (χ1n) is 6.74. The van der Waals surface area contributed by atoms with Crippen LogP contribution in [0.5, 0.6) is 0 Å². The molecule has 0 aliphatic heterocycles. The molecule has 0 aromatic rings. The first-order chi connectivity index (χ1) is 7.99. The molecule has 0 N–H and O–H groups in total. The predicted octanol–water partition coefficient (Wildman–Crippen LogP) is 3.90. The second-order valence-electron chi connectivity index (χ2n) is 5.94. The monoisotopic (exact) mass is 233 g/mol. The van der Waals surface area contributed by atoms with E-state index >= 15 is 0 Å². The Bertz CT molecular complexity index is 275. The normalized spacial score (nSPS) is 15.7. The Kier molecular flexibility index (Phi) is 5.70. The Morgan fingerprint density at radius 1 is 1.06 bits per heavy atom. The fourth-order valence-corrected chi connectivity index (χ4v) is 2.33. The van der Waals surface area contributed by atoms with Gasteiger partial charge in [0, 0.05) is 25.6 Å². The minimum Gasteiger partial charge on any atom is -0.299 e. The molecule has 0 saturated heterocycles. The van der Waals surface area contributed by atoms with Gasteiger partial charge in [0.25, 0.3) is 0 Å². The van der Waals surface area contributed by atoms with Gasteiger partial charge < -0.3 is 0 Å². The molecule has 0 aromatic heterocycles. The van der Waals surface area contributed by atoms with Gasteiger partial charge in [0.05, 0.1) is 0 Å². The van der Waals surface area contributed by atoms with Gasteiger partial charge in [0.2, 0.25) is 0 Å². The summed E-state index contributed by atoms with van der Waals surface area (Å²) in [6.07, 6.45) is 8.69. The van der Waals surface area contributed by atoms with Gasteiger partial charge >= 0.3 is 0 Å². The van der Waals surface area contributed by atoms with Crippen LogP contribution in [0.2, 0.25) is 0 Å². The Morgan fingerprint density at radius 2 is 1.53 bits per heavy atom. The number of rotatable bonds is 7. The predicted molar refractivity (Wildman–Crippen MR) is 77.0 cm³/mol.